The van der Waals surface area contributed by atoms with Crippen molar-refractivity contribution < 1.29 is 4.79 Å². The van der Waals surface area contributed by atoms with E-state index in [4.69, 9.17) is 0 Å². The number of nitrogens with zero attached hydrogens (tertiary/aromatic N) is 1. The first-order chi connectivity index (χ1) is 9.95. The van der Waals surface area contributed by atoms with E-state index in [9.17, 15) is 4.79 Å². The minimum Gasteiger partial charge on any atom is -0.385 e. The second-order valence-corrected chi connectivity index (χ2v) is 6.03. The molecule has 0 heterocycles. The normalized spacial score (nSPS) is 12.5. The van der Waals surface area contributed by atoms with Crippen molar-refractivity contribution in [2.24, 2.45) is 5.92 Å². The van der Waals surface area contributed by atoms with Crippen LogP contribution in [0, 0.1) is 5.92 Å². The highest BCUT2D eigenvalue weighted by Gasteiger charge is 2.16. The van der Waals surface area contributed by atoms with E-state index in [1.54, 1.807) is 0 Å². The van der Waals surface area contributed by atoms with Crippen molar-refractivity contribution in [2.45, 2.75) is 33.2 Å². The molecule has 0 fully saturated rings. The number of carbonyl (C=O) groups excluding carboxylic acids is 1. The Morgan fingerprint density at radius 2 is 1.90 bits per heavy atom. The molecular formula is C17H29N3O. The smallest absolute Gasteiger partial charge is 0.253 e. The number of anilines is 1. The number of benzene rings is 1. The molecule has 0 saturated heterocycles. The maximum Gasteiger partial charge on any atom is 0.253 e. The summed E-state index contributed by atoms with van der Waals surface area (Å²) in [6.45, 7) is 7.92. The van der Waals surface area contributed by atoms with Crippen LogP contribution in [0.15, 0.2) is 24.3 Å². The van der Waals surface area contributed by atoms with Crippen molar-refractivity contribution in [2.75, 3.05) is 32.5 Å². The highest BCUT2D eigenvalue weighted by molar-refractivity contribution is 5.99. The van der Waals surface area contributed by atoms with Gasteiger partial charge in [0.15, 0.2) is 0 Å². The van der Waals surface area contributed by atoms with Crippen molar-refractivity contribution in [3.05, 3.63) is 29.8 Å². The molecule has 0 saturated carbocycles. The molecule has 0 aliphatic heterocycles. The lowest BCUT2D eigenvalue weighted by molar-refractivity contribution is 0.0939. The van der Waals surface area contributed by atoms with Crippen LogP contribution in [0.2, 0.25) is 0 Å². The fraction of sp³-hybridized carbons (Fsp3) is 0.588. The minimum atomic E-state index is -0.0119. The van der Waals surface area contributed by atoms with Crippen molar-refractivity contribution in [1.82, 2.24) is 10.2 Å². The van der Waals surface area contributed by atoms with Crippen LogP contribution in [-0.2, 0) is 0 Å². The standard InChI is InChI=1S/C17H29N3O/c1-6-18-16-10-8-7-9-15(16)17(21)19-12-14(20(4)5)11-13(2)3/h7-10,13-14,18H,6,11-12H2,1-5H3,(H,19,21). The number of hydrogen-bond acceptors (Lipinski definition) is 3. The summed E-state index contributed by atoms with van der Waals surface area (Å²) in [6, 6.07) is 8.00. The maximum absolute atomic E-state index is 12.4. The Labute approximate surface area is 128 Å². The van der Waals surface area contributed by atoms with Crippen molar-refractivity contribution >= 4 is 11.6 Å². The molecule has 1 unspecified atom stereocenters. The van der Waals surface area contributed by atoms with E-state index in [0.717, 1.165) is 18.7 Å². The molecule has 1 amide bonds. The summed E-state index contributed by atoms with van der Waals surface area (Å²) in [4.78, 5) is 14.6. The first kappa shape index (κ1) is 17.5. The summed E-state index contributed by atoms with van der Waals surface area (Å²) in [5, 5.41) is 6.29. The van der Waals surface area contributed by atoms with Gasteiger partial charge >= 0.3 is 0 Å². The van der Waals surface area contributed by atoms with Gasteiger partial charge in [-0.25, -0.2) is 0 Å². The van der Waals surface area contributed by atoms with Gasteiger partial charge < -0.3 is 15.5 Å². The fourth-order valence-electron chi connectivity index (χ4n) is 2.35. The van der Waals surface area contributed by atoms with Gasteiger partial charge in [0.05, 0.1) is 5.56 Å². The molecule has 2 N–H and O–H groups in total. The van der Waals surface area contributed by atoms with Gasteiger partial charge in [-0.3, -0.25) is 4.79 Å². The number of amides is 1. The number of hydrogen-bond donors (Lipinski definition) is 2. The van der Waals surface area contributed by atoms with Crippen LogP contribution in [0.4, 0.5) is 5.69 Å². The highest BCUT2D eigenvalue weighted by Crippen LogP contribution is 2.15. The van der Waals surface area contributed by atoms with E-state index in [1.807, 2.05) is 31.2 Å². The number of likely N-dealkylation sites (N-methyl/N-ethyl adjacent to an activating group) is 1. The fourth-order valence-corrected chi connectivity index (χ4v) is 2.35. The van der Waals surface area contributed by atoms with Crippen LogP contribution in [0.1, 0.15) is 37.6 Å². The molecule has 1 atom stereocenters. The highest BCUT2D eigenvalue weighted by atomic mass is 16.1. The molecule has 4 heteroatoms. The summed E-state index contributed by atoms with van der Waals surface area (Å²) in [7, 11) is 4.12. The number of nitrogens with one attached hydrogen (secondary N) is 2. The summed E-state index contributed by atoms with van der Waals surface area (Å²) < 4.78 is 0. The van der Waals surface area contributed by atoms with Crippen LogP contribution >= 0.6 is 0 Å². The van der Waals surface area contributed by atoms with E-state index < -0.39 is 0 Å². The lowest BCUT2D eigenvalue weighted by Gasteiger charge is -2.26. The van der Waals surface area contributed by atoms with E-state index in [2.05, 4.69) is 43.5 Å². The lowest BCUT2D eigenvalue weighted by Crippen LogP contribution is -2.41. The molecule has 0 aliphatic carbocycles. The first-order valence-electron chi connectivity index (χ1n) is 7.73. The number of para-hydroxylation sites is 1. The Morgan fingerprint density at radius 3 is 2.48 bits per heavy atom. The van der Waals surface area contributed by atoms with Crippen LogP contribution in [0.5, 0.6) is 0 Å². The summed E-state index contributed by atoms with van der Waals surface area (Å²) in [5.74, 6) is 0.602. The molecule has 4 nitrogen and oxygen atoms in total. The van der Waals surface area contributed by atoms with E-state index in [1.165, 1.54) is 0 Å². The molecular weight excluding hydrogens is 262 g/mol. The molecule has 1 rings (SSSR count). The lowest BCUT2D eigenvalue weighted by atomic mass is 10.0. The Balaban J connectivity index is 2.68. The van der Waals surface area contributed by atoms with Crippen LogP contribution in [0.25, 0.3) is 0 Å². The second-order valence-electron chi connectivity index (χ2n) is 6.03. The van der Waals surface area contributed by atoms with Gasteiger partial charge in [-0.1, -0.05) is 26.0 Å². The quantitative estimate of drug-likeness (QED) is 0.774. The van der Waals surface area contributed by atoms with Crippen molar-refractivity contribution in [3.8, 4) is 0 Å². The Hall–Kier alpha value is -1.55. The third-order valence-electron chi connectivity index (χ3n) is 3.51. The van der Waals surface area contributed by atoms with Gasteiger partial charge in [0.25, 0.3) is 5.91 Å². The Bertz CT molecular complexity index is 443. The topological polar surface area (TPSA) is 44.4 Å². The van der Waals surface area contributed by atoms with Gasteiger partial charge in [-0.2, -0.15) is 0 Å². The Morgan fingerprint density at radius 1 is 1.24 bits per heavy atom. The zero-order valence-electron chi connectivity index (χ0n) is 13.9. The summed E-state index contributed by atoms with van der Waals surface area (Å²) >= 11 is 0. The molecule has 0 radical (unpaired) electrons. The molecule has 0 aliphatic rings. The third-order valence-corrected chi connectivity index (χ3v) is 3.51. The van der Waals surface area contributed by atoms with Gasteiger partial charge in [0.1, 0.15) is 0 Å². The van der Waals surface area contributed by atoms with Crippen LogP contribution in [0.3, 0.4) is 0 Å². The third kappa shape index (κ3) is 5.76. The van der Waals surface area contributed by atoms with E-state index in [0.29, 0.717) is 24.1 Å². The second kappa shape index (κ2) is 8.67. The predicted octanol–water partition coefficient (Wildman–Crippen LogP) is 2.82. The molecule has 21 heavy (non-hydrogen) atoms. The van der Waals surface area contributed by atoms with Crippen molar-refractivity contribution in [3.63, 3.8) is 0 Å². The Kier molecular flexibility index (Phi) is 7.23. The van der Waals surface area contributed by atoms with Gasteiger partial charge in [0.2, 0.25) is 0 Å². The average Bonchev–Trinajstić information content (AvgIpc) is 2.43. The molecule has 1 aromatic carbocycles. The molecule has 118 valence electrons. The molecule has 0 bridgehead atoms. The number of carbonyl (C=O) groups is 1. The molecule has 0 aromatic heterocycles. The predicted molar refractivity (Wildman–Crippen MR) is 89.9 cm³/mol. The van der Waals surface area contributed by atoms with Crippen molar-refractivity contribution in [1.29, 1.82) is 0 Å². The van der Waals surface area contributed by atoms with Gasteiger partial charge in [-0.05, 0) is 45.5 Å². The first-order valence-corrected chi connectivity index (χ1v) is 7.73. The van der Waals surface area contributed by atoms with E-state index >= 15 is 0 Å². The zero-order chi connectivity index (χ0) is 15.8. The van der Waals surface area contributed by atoms with Gasteiger partial charge in [0, 0.05) is 24.8 Å². The monoisotopic (exact) mass is 291 g/mol. The summed E-state index contributed by atoms with van der Waals surface area (Å²) in [6.07, 6.45) is 1.07. The van der Waals surface area contributed by atoms with Gasteiger partial charge in [-0.15, -0.1) is 0 Å². The minimum absolute atomic E-state index is 0.0119. The van der Waals surface area contributed by atoms with E-state index in [-0.39, 0.29) is 5.91 Å². The maximum atomic E-state index is 12.4. The number of rotatable bonds is 8. The molecule has 1 aromatic rings. The SMILES string of the molecule is CCNc1ccccc1C(=O)NCC(CC(C)C)N(C)C. The zero-order valence-corrected chi connectivity index (χ0v) is 13.9. The largest absolute Gasteiger partial charge is 0.385 e. The van der Waals surface area contributed by atoms with Crippen LogP contribution < -0.4 is 10.6 Å². The molecule has 0 spiro atoms. The average molecular weight is 291 g/mol. The van der Waals surface area contributed by atoms with Crippen LogP contribution in [-0.4, -0.2) is 44.0 Å². The summed E-state index contributed by atoms with van der Waals surface area (Å²) in [5.41, 5.74) is 1.60.